The normalized spacial score (nSPS) is 10.0. The number of halogens is 1. The highest BCUT2D eigenvalue weighted by molar-refractivity contribution is 14.1. The Hall–Kier alpha value is -2.47. The van der Waals surface area contributed by atoms with Gasteiger partial charge in [-0.05, 0) is 59.1 Å². The average molecular weight is 473 g/mol. The number of non-ortho nitro benzene ring substituents is 1. The molecule has 0 aromatic heterocycles. The number of anilines is 1. The lowest BCUT2D eigenvalue weighted by Crippen LogP contribution is -2.34. The van der Waals surface area contributed by atoms with Crippen LogP contribution < -0.4 is 15.4 Å². The van der Waals surface area contributed by atoms with Gasteiger partial charge in [0, 0.05) is 11.6 Å². The summed E-state index contributed by atoms with van der Waals surface area (Å²) >= 11 is 7.07. The van der Waals surface area contributed by atoms with E-state index in [0.29, 0.717) is 11.3 Å². The number of nitro benzene ring substituents is 1. The molecule has 8 nitrogen and oxygen atoms in total. The van der Waals surface area contributed by atoms with Gasteiger partial charge in [0.05, 0.1) is 27.4 Å². The van der Waals surface area contributed by atoms with Gasteiger partial charge in [-0.15, -0.1) is 0 Å². The van der Waals surface area contributed by atoms with E-state index in [0.717, 1.165) is 9.64 Å². The summed E-state index contributed by atoms with van der Waals surface area (Å²) in [6.45, 7) is 0. The molecule has 0 saturated carbocycles. The zero-order chi connectivity index (χ0) is 18.6. The molecule has 2 rings (SSSR count). The van der Waals surface area contributed by atoms with Crippen LogP contribution in [0.5, 0.6) is 11.5 Å². The molecule has 2 aromatic carbocycles. The quantitative estimate of drug-likeness (QED) is 0.206. The van der Waals surface area contributed by atoms with Crippen molar-refractivity contribution in [3.05, 3.63) is 55.6 Å². The van der Waals surface area contributed by atoms with E-state index >= 15 is 0 Å². The molecule has 25 heavy (non-hydrogen) atoms. The lowest BCUT2D eigenvalue weighted by Gasteiger charge is -2.11. The van der Waals surface area contributed by atoms with Gasteiger partial charge in [0.15, 0.2) is 5.11 Å². The molecule has 2 aromatic rings. The van der Waals surface area contributed by atoms with Crippen molar-refractivity contribution in [3.63, 3.8) is 0 Å². The van der Waals surface area contributed by atoms with Crippen LogP contribution in [0.15, 0.2) is 36.4 Å². The second-order valence-electron chi connectivity index (χ2n) is 4.72. The lowest BCUT2D eigenvalue weighted by atomic mass is 10.2. The van der Waals surface area contributed by atoms with Gasteiger partial charge in [0.1, 0.15) is 11.5 Å². The van der Waals surface area contributed by atoms with Gasteiger partial charge in [-0.3, -0.25) is 20.2 Å². The average Bonchev–Trinajstić information content (AvgIpc) is 2.56. The van der Waals surface area contributed by atoms with Crippen LogP contribution in [-0.2, 0) is 0 Å². The molecule has 0 atom stereocenters. The minimum Gasteiger partial charge on any atom is -0.506 e. The van der Waals surface area contributed by atoms with Gasteiger partial charge < -0.3 is 15.2 Å². The molecule has 0 aliphatic rings. The Bertz CT molecular complexity index is 859. The number of hydrogen-bond acceptors (Lipinski definition) is 6. The molecule has 0 fully saturated rings. The molecule has 0 aliphatic heterocycles. The van der Waals surface area contributed by atoms with Gasteiger partial charge >= 0.3 is 0 Å². The van der Waals surface area contributed by atoms with Crippen molar-refractivity contribution in [2.45, 2.75) is 0 Å². The zero-order valence-electron chi connectivity index (χ0n) is 12.8. The maximum absolute atomic E-state index is 12.2. The van der Waals surface area contributed by atoms with Crippen molar-refractivity contribution in [1.29, 1.82) is 0 Å². The standard InChI is InChI=1S/C15H12IN3O5S/c1-24-13-5-2-8(6-10(13)16)14(21)18-15(25)17-11-4-3-9(19(22)23)7-12(11)20/h2-7,20H,1H3,(H2,17,18,21,25). The highest BCUT2D eigenvalue weighted by Gasteiger charge is 2.13. The van der Waals surface area contributed by atoms with Crippen LogP contribution >= 0.6 is 34.8 Å². The molecule has 0 spiro atoms. The molecule has 10 heteroatoms. The molecule has 0 unspecified atom stereocenters. The number of rotatable bonds is 4. The third-order valence-corrected chi connectivity index (χ3v) is 4.13. The smallest absolute Gasteiger partial charge is 0.273 e. The van der Waals surface area contributed by atoms with E-state index in [9.17, 15) is 20.0 Å². The molecule has 1 amide bonds. The van der Waals surface area contributed by atoms with Crippen LogP contribution in [0.25, 0.3) is 0 Å². The summed E-state index contributed by atoms with van der Waals surface area (Å²) in [5.74, 6) is -0.155. The second kappa shape index (κ2) is 8.07. The molecule has 0 saturated heterocycles. The van der Waals surface area contributed by atoms with E-state index < -0.39 is 10.8 Å². The fourth-order valence-corrected chi connectivity index (χ4v) is 2.81. The number of benzene rings is 2. The van der Waals surface area contributed by atoms with Gasteiger partial charge in [-0.25, -0.2) is 0 Å². The summed E-state index contributed by atoms with van der Waals surface area (Å²) in [6, 6.07) is 8.37. The molecule has 0 heterocycles. The van der Waals surface area contributed by atoms with Gasteiger partial charge in [0.25, 0.3) is 11.6 Å². The molecule has 3 N–H and O–H groups in total. The van der Waals surface area contributed by atoms with Gasteiger partial charge in [-0.1, -0.05) is 0 Å². The highest BCUT2D eigenvalue weighted by atomic mass is 127. The van der Waals surface area contributed by atoms with Gasteiger partial charge in [-0.2, -0.15) is 0 Å². The van der Waals surface area contributed by atoms with Crippen molar-refractivity contribution in [1.82, 2.24) is 5.32 Å². The molecular formula is C15H12IN3O5S. The number of ether oxygens (including phenoxy) is 1. The van der Waals surface area contributed by atoms with Crippen molar-refractivity contribution in [2.24, 2.45) is 0 Å². The lowest BCUT2D eigenvalue weighted by molar-refractivity contribution is -0.384. The maximum atomic E-state index is 12.2. The van der Waals surface area contributed by atoms with E-state index in [1.165, 1.54) is 19.2 Å². The minimum atomic E-state index is -0.630. The van der Waals surface area contributed by atoms with Crippen molar-refractivity contribution < 1.29 is 19.6 Å². The van der Waals surface area contributed by atoms with E-state index in [1.807, 2.05) is 22.6 Å². The number of nitro groups is 1. The molecular weight excluding hydrogens is 461 g/mol. The van der Waals surface area contributed by atoms with Crippen molar-refractivity contribution in [2.75, 3.05) is 12.4 Å². The van der Waals surface area contributed by atoms with Gasteiger partial charge in [0.2, 0.25) is 0 Å². The number of aromatic hydroxyl groups is 1. The summed E-state index contributed by atoms with van der Waals surface area (Å²) < 4.78 is 5.89. The van der Waals surface area contributed by atoms with E-state index in [-0.39, 0.29) is 22.2 Å². The Morgan fingerprint density at radius 3 is 2.60 bits per heavy atom. The third kappa shape index (κ3) is 4.76. The summed E-state index contributed by atoms with van der Waals surface area (Å²) in [6.07, 6.45) is 0. The number of nitrogens with one attached hydrogen (secondary N) is 2. The first-order valence-electron chi connectivity index (χ1n) is 6.75. The number of phenolic OH excluding ortho intramolecular Hbond substituents is 1. The van der Waals surface area contributed by atoms with E-state index in [1.54, 1.807) is 18.2 Å². The number of thiocarbonyl (C=S) groups is 1. The number of carbonyl (C=O) groups excluding carboxylic acids is 1. The first-order chi connectivity index (χ1) is 11.8. The Morgan fingerprint density at radius 1 is 1.32 bits per heavy atom. The van der Waals surface area contributed by atoms with Crippen LogP contribution in [0.4, 0.5) is 11.4 Å². The third-order valence-electron chi connectivity index (χ3n) is 3.08. The fourth-order valence-electron chi connectivity index (χ4n) is 1.88. The first kappa shape index (κ1) is 18.9. The topological polar surface area (TPSA) is 114 Å². The number of methoxy groups -OCH3 is 1. The van der Waals surface area contributed by atoms with Crippen LogP contribution in [-0.4, -0.2) is 28.2 Å². The van der Waals surface area contributed by atoms with Crippen molar-refractivity contribution >= 4 is 57.2 Å². The largest absolute Gasteiger partial charge is 0.506 e. The second-order valence-corrected chi connectivity index (χ2v) is 6.29. The molecule has 0 bridgehead atoms. The zero-order valence-corrected chi connectivity index (χ0v) is 15.8. The minimum absolute atomic E-state index is 0.0556. The first-order valence-corrected chi connectivity index (χ1v) is 8.24. The number of carbonyl (C=O) groups is 1. The highest BCUT2D eigenvalue weighted by Crippen LogP contribution is 2.27. The molecule has 130 valence electrons. The monoisotopic (exact) mass is 473 g/mol. The SMILES string of the molecule is COc1ccc(C(=O)NC(=S)Nc2ccc([N+](=O)[O-])cc2O)cc1I. The van der Waals surface area contributed by atoms with Crippen molar-refractivity contribution in [3.8, 4) is 11.5 Å². The fraction of sp³-hybridized carbons (Fsp3) is 0.0667. The van der Waals surface area contributed by atoms with E-state index in [2.05, 4.69) is 10.6 Å². The predicted molar refractivity (Wildman–Crippen MR) is 104 cm³/mol. The summed E-state index contributed by atoms with van der Waals surface area (Å²) in [7, 11) is 1.53. The number of nitrogens with zero attached hydrogens (tertiary/aromatic N) is 1. The molecule has 0 aliphatic carbocycles. The number of phenols is 1. The Kier molecular flexibility index (Phi) is 6.09. The summed E-state index contributed by atoms with van der Waals surface area (Å²) in [4.78, 5) is 22.2. The maximum Gasteiger partial charge on any atom is 0.273 e. The Morgan fingerprint density at radius 2 is 2.04 bits per heavy atom. The van der Waals surface area contributed by atoms with Crippen LogP contribution in [0, 0.1) is 13.7 Å². The summed E-state index contributed by atoms with van der Waals surface area (Å²) in [5.41, 5.74) is 0.258. The Balaban J connectivity index is 2.06. The molecule has 0 radical (unpaired) electrons. The van der Waals surface area contributed by atoms with Crippen LogP contribution in [0.1, 0.15) is 10.4 Å². The summed E-state index contributed by atoms with van der Waals surface area (Å²) in [5, 5.41) is 25.4. The van der Waals surface area contributed by atoms with Crippen LogP contribution in [0.2, 0.25) is 0 Å². The number of hydrogen-bond donors (Lipinski definition) is 3. The van der Waals surface area contributed by atoms with E-state index in [4.69, 9.17) is 17.0 Å². The van der Waals surface area contributed by atoms with Crippen LogP contribution in [0.3, 0.4) is 0 Å². The Labute approximate surface area is 161 Å². The predicted octanol–water partition coefficient (Wildman–Crippen LogP) is 3.04. The number of amides is 1.